The lowest BCUT2D eigenvalue weighted by molar-refractivity contribution is -0.142. The van der Waals surface area contributed by atoms with Gasteiger partial charge in [-0.2, -0.15) is 0 Å². The number of hydrogen-bond acceptors (Lipinski definition) is 2. The number of nitrogens with zero attached hydrogens (tertiary/aromatic N) is 1. The van der Waals surface area contributed by atoms with Gasteiger partial charge in [0.1, 0.15) is 0 Å². The summed E-state index contributed by atoms with van der Waals surface area (Å²) < 4.78 is 0. The van der Waals surface area contributed by atoms with Crippen LogP contribution in [0.25, 0.3) is 0 Å². The smallest absolute Gasteiger partial charge is 0.0629 e. The SMILES string of the molecule is CN(C)C12C[C@@H](c3ccccc3)C([C@@H](O)[C@@H]1Cc1ccccc1)[C@H](c1ccccc1)C2. The summed E-state index contributed by atoms with van der Waals surface area (Å²) in [7, 11) is 4.45. The second kappa shape index (κ2) is 8.26. The molecule has 0 radical (unpaired) electrons. The molecule has 2 heteroatoms. The molecule has 3 saturated carbocycles. The molecule has 6 rings (SSSR count). The Morgan fingerprint density at radius 1 is 0.742 bits per heavy atom. The highest BCUT2D eigenvalue weighted by molar-refractivity contribution is 5.34. The van der Waals surface area contributed by atoms with Gasteiger partial charge in [0, 0.05) is 11.5 Å². The van der Waals surface area contributed by atoms with E-state index in [0.29, 0.717) is 11.8 Å². The van der Waals surface area contributed by atoms with Gasteiger partial charge in [0.25, 0.3) is 0 Å². The van der Waals surface area contributed by atoms with Gasteiger partial charge < -0.3 is 10.0 Å². The van der Waals surface area contributed by atoms with Gasteiger partial charge in [0.05, 0.1) is 6.10 Å². The van der Waals surface area contributed by atoms with Crippen molar-refractivity contribution in [2.75, 3.05) is 14.1 Å². The van der Waals surface area contributed by atoms with E-state index in [-0.39, 0.29) is 23.5 Å². The first-order valence-corrected chi connectivity index (χ1v) is 11.6. The van der Waals surface area contributed by atoms with Crippen molar-refractivity contribution >= 4 is 0 Å². The molecule has 1 N–H and O–H groups in total. The molecule has 160 valence electrons. The molecule has 2 bridgehead atoms. The van der Waals surface area contributed by atoms with E-state index in [0.717, 1.165) is 19.3 Å². The van der Waals surface area contributed by atoms with Crippen LogP contribution in [0, 0.1) is 11.8 Å². The van der Waals surface area contributed by atoms with Crippen LogP contribution in [-0.4, -0.2) is 35.7 Å². The van der Waals surface area contributed by atoms with Gasteiger partial charge in [-0.15, -0.1) is 0 Å². The maximum absolute atomic E-state index is 12.0. The minimum Gasteiger partial charge on any atom is -0.392 e. The molecule has 2 nitrogen and oxygen atoms in total. The van der Waals surface area contributed by atoms with Crippen LogP contribution in [-0.2, 0) is 6.42 Å². The van der Waals surface area contributed by atoms with Gasteiger partial charge >= 0.3 is 0 Å². The number of hydrogen-bond donors (Lipinski definition) is 1. The van der Waals surface area contributed by atoms with E-state index in [9.17, 15) is 5.11 Å². The Hall–Kier alpha value is -2.42. The lowest BCUT2D eigenvalue weighted by atomic mass is 9.47. The van der Waals surface area contributed by atoms with E-state index in [1.807, 2.05) is 0 Å². The molecular formula is C29H33NO. The monoisotopic (exact) mass is 411 g/mol. The zero-order valence-electron chi connectivity index (χ0n) is 18.6. The molecular weight excluding hydrogens is 378 g/mol. The Bertz CT molecular complexity index is 936. The van der Waals surface area contributed by atoms with Crippen LogP contribution in [0.3, 0.4) is 0 Å². The molecule has 0 aromatic heterocycles. The van der Waals surface area contributed by atoms with Gasteiger partial charge in [0.2, 0.25) is 0 Å². The number of aliphatic hydroxyl groups excluding tert-OH is 1. The van der Waals surface area contributed by atoms with Crippen LogP contribution in [0.5, 0.6) is 0 Å². The van der Waals surface area contributed by atoms with Crippen molar-refractivity contribution in [1.82, 2.24) is 4.90 Å². The molecule has 3 fully saturated rings. The maximum atomic E-state index is 12.0. The highest BCUT2D eigenvalue weighted by Crippen LogP contribution is 2.62. The topological polar surface area (TPSA) is 23.5 Å². The summed E-state index contributed by atoms with van der Waals surface area (Å²) in [5.41, 5.74) is 4.03. The first-order valence-electron chi connectivity index (χ1n) is 11.6. The van der Waals surface area contributed by atoms with Crippen LogP contribution in [0.15, 0.2) is 91.0 Å². The first kappa shape index (κ1) is 20.5. The molecule has 31 heavy (non-hydrogen) atoms. The van der Waals surface area contributed by atoms with Crippen LogP contribution >= 0.6 is 0 Å². The second-order valence-electron chi connectivity index (χ2n) is 9.80. The lowest BCUT2D eigenvalue weighted by Crippen LogP contribution is -2.67. The summed E-state index contributed by atoms with van der Waals surface area (Å²) in [4.78, 5) is 2.44. The predicted molar refractivity (Wildman–Crippen MR) is 127 cm³/mol. The van der Waals surface area contributed by atoms with Crippen LogP contribution in [0.2, 0.25) is 0 Å². The summed E-state index contributed by atoms with van der Waals surface area (Å²) in [6.07, 6.45) is 2.80. The summed E-state index contributed by atoms with van der Waals surface area (Å²) in [5, 5.41) is 12.0. The van der Waals surface area contributed by atoms with Crippen molar-refractivity contribution in [3.8, 4) is 0 Å². The Morgan fingerprint density at radius 3 is 1.65 bits per heavy atom. The zero-order valence-corrected chi connectivity index (χ0v) is 18.6. The van der Waals surface area contributed by atoms with Crippen molar-refractivity contribution < 1.29 is 5.11 Å². The van der Waals surface area contributed by atoms with E-state index in [4.69, 9.17) is 0 Å². The fraction of sp³-hybridized carbons (Fsp3) is 0.379. The van der Waals surface area contributed by atoms with Gasteiger partial charge in [-0.05, 0) is 67.8 Å². The minimum absolute atomic E-state index is 0.0367. The van der Waals surface area contributed by atoms with Crippen molar-refractivity contribution in [2.24, 2.45) is 11.8 Å². The molecule has 4 atom stereocenters. The van der Waals surface area contributed by atoms with E-state index in [1.54, 1.807) is 0 Å². The Kier molecular flexibility index (Phi) is 5.45. The lowest BCUT2D eigenvalue weighted by Gasteiger charge is -2.64. The summed E-state index contributed by atoms with van der Waals surface area (Å²) in [6, 6.07) is 32.5. The summed E-state index contributed by atoms with van der Waals surface area (Å²) in [6.45, 7) is 0. The van der Waals surface area contributed by atoms with Crippen molar-refractivity contribution in [1.29, 1.82) is 0 Å². The highest BCUT2D eigenvalue weighted by Gasteiger charge is 2.61. The van der Waals surface area contributed by atoms with Crippen LogP contribution in [0.4, 0.5) is 0 Å². The zero-order chi connectivity index (χ0) is 21.4. The largest absolute Gasteiger partial charge is 0.392 e. The van der Waals surface area contributed by atoms with Crippen LogP contribution < -0.4 is 0 Å². The molecule has 0 unspecified atom stereocenters. The number of fused-ring (bicyclic) bond motifs is 3. The number of rotatable bonds is 5. The third-order valence-electron chi connectivity index (χ3n) is 8.22. The van der Waals surface area contributed by atoms with Gasteiger partial charge in [-0.1, -0.05) is 91.0 Å². The Labute approximate surface area is 186 Å². The highest BCUT2D eigenvalue weighted by atomic mass is 16.3. The quantitative estimate of drug-likeness (QED) is 0.599. The third kappa shape index (κ3) is 3.52. The van der Waals surface area contributed by atoms with E-state index >= 15 is 0 Å². The van der Waals surface area contributed by atoms with Crippen LogP contribution in [0.1, 0.15) is 41.4 Å². The fourth-order valence-electron chi connectivity index (χ4n) is 6.72. The van der Waals surface area contributed by atoms with Crippen molar-refractivity contribution in [3.63, 3.8) is 0 Å². The van der Waals surface area contributed by atoms with Gasteiger partial charge in [-0.3, -0.25) is 0 Å². The molecule has 3 aromatic carbocycles. The molecule has 0 spiro atoms. The molecule has 0 heterocycles. The van der Waals surface area contributed by atoms with Crippen molar-refractivity contribution in [3.05, 3.63) is 108 Å². The molecule has 3 aliphatic rings. The van der Waals surface area contributed by atoms with Gasteiger partial charge in [0.15, 0.2) is 0 Å². The van der Waals surface area contributed by atoms with E-state index < -0.39 is 0 Å². The average Bonchev–Trinajstić information content (AvgIpc) is 2.82. The minimum atomic E-state index is -0.333. The third-order valence-corrected chi connectivity index (χ3v) is 8.22. The van der Waals surface area contributed by atoms with Gasteiger partial charge in [-0.25, -0.2) is 0 Å². The molecule has 3 aliphatic carbocycles. The number of aliphatic hydroxyl groups is 1. The molecule has 0 saturated heterocycles. The summed E-state index contributed by atoms with van der Waals surface area (Å²) in [5.74, 6) is 1.20. The second-order valence-corrected chi connectivity index (χ2v) is 9.80. The van der Waals surface area contributed by atoms with Crippen molar-refractivity contribution in [2.45, 2.75) is 42.7 Å². The standard InChI is InChI=1S/C29H33NO/c1-30(2)29-19-24(22-14-8-4-9-15-22)27(25(20-29)23-16-10-5-11-17-23)28(31)26(29)18-21-12-6-3-7-13-21/h3-17,24-28,31H,18-20H2,1-2H3/t24-,25-,26-,27?,28-,29?/m0/s1. The number of benzene rings is 3. The Morgan fingerprint density at radius 2 is 1.19 bits per heavy atom. The van der Waals surface area contributed by atoms with E-state index in [1.165, 1.54) is 16.7 Å². The Balaban J connectivity index is 1.61. The maximum Gasteiger partial charge on any atom is 0.0629 e. The fourth-order valence-corrected chi connectivity index (χ4v) is 6.72. The molecule has 0 aliphatic heterocycles. The average molecular weight is 412 g/mol. The normalized spacial score (nSPS) is 32.3. The predicted octanol–water partition coefficient (Wildman–Crippen LogP) is 5.50. The molecule has 3 aromatic rings. The first-order chi connectivity index (χ1) is 15.1. The molecule has 0 amide bonds. The summed E-state index contributed by atoms with van der Waals surface area (Å²) >= 11 is 0. The van der Waals surface area contributed by atoms with E-state index in [2.05, 4.69) is 110 Å².